The van der Waals surface area contributed by atoms with Crippen LogP contribution in [0.25, 0.3) is 0 Å². The van der Waals surface area contributed by atoms with E-state index >= 15 is 0 Å². The number of amides is 1. The normalized spacial score (nSPS) is 12.5. The Labute approximate surface area is 131 Å². The minimum atomic E-state index is -0.223. The first kappa shape index (κ1) is 16.2. The van der Waals surface area contributed by atoms with Crippen LogP contribution in [0.4, 0.5) is 0 Å². The van der Waals surface area contributed by atoms with Crippen LogP contribution in [-0.2, 0) is 7.05 Å². The summed E-state index contributed by atoms with van der Waals surface area (Å²) in [5.74, 6) is 0.343. The van der Waals surface area contributed by atoms with Crippen molar-refractivity contribution in [3.63, 3.8) is 0 Å². The zero-order chi connectivity index (χ0) is 16.3. The van der Waals surface area contributed by atoms with Gasteiger partial charge in [-0.15, -0.1) is 0 Å². The summed E-state index contributed by atoms with van der Waals surface area (Å²) < 4.78 is 1.58. The molecule has 2 rings (SSSR count). The summed E-state index contributed by atoms with van der Waals surface area (Å²) in [4.78, 5) is 12.1. The zero-order valence-corrected chi connectivity index (χ0v) is 13.6. The zero-order valence-electron chi connectivity index (χ0n) is 13.6. The predicted octanol–water partition coefficient (Wildman–Crippen LogP) is 2.28. The topological polar surface area (TPSA) is 72.9 Å². The Kier molecular flexibility index (Phi) is 4.98. The van der Waals surface area contributed by atoms with E-state index in [4.69, 9.17) is 5.73 Å². The molecule has 1 aromatic carbocycles. The van der Waals surface area contributed by atoms with Crippen molar-refractivity contribution in [2.75, 3.05) is 6.54 Å². The maximum atomic E-state index is 12.1. The van der Waals surface area contributed by atoms with Gasteiger partial charge in [0.1, 0.15) is 5.69 Å². The van der Waals surface area contributed by atoms with E-state index in [0.29, 0.717) is 18.2 Å². The summed E-state index contributed by atoms with van der Waals surface area (Å²) in [5, 5.41) is 7.03. The number of rotatable bonds is 5. The molecule has 5 heteroatoms. The summed E-state index contributed by atoms with van der Waals surface area (Å²) in [5.41, 5.74) is 9.82. The molecular formula is C17H24N4O. The number of nitrogens with zero attached hydrogens (tertiary/aromatic N) is 2. The monoisotopic (exact) mass is 300 g/mol. The molecule has 118 valence electrons. The van der Waals surface area contributed by atoms with Gasteiger partial charge in [0, 0.05) is 19.6 Å². The van der Waals surface area contributed by atoms with Gasteiger partial charge < -0.3 is 11.1 Å². The van der Waals surface area contributed by atoms with Crippen molar-refractivity contribution in [1.29, 1.82) is 0 Å². The van der Waals surface area contributed by atoms with Gasteiger partial charge in [-0.05, 0) is 30.0 Å². The number of aromatic nitrogens is 2. The van der Waals surface area contributed by atoms with E-state index in [1.165, 1.54) is 5.56 Å². The van der Waals surface area contributed by atoms with Crippen molar-refractivity contribution in [2.24, 2.45) is 12.8 Å². The first-order valence-electron chi connectivity index (χ1n) is 7.52. The summed E-state index contributed by atoms with van der Waals surface area (Å²) in [6.07, 6.45) is 0. The van der Waals surface area contributed by atoms with Crippen molar-refractivity contribution >= 4 is 5.91 Å². The third kappa shape index (κ3) is 3.74. The molecule has 2 aromatic rings. The number of hydrogen-bond acceptors (Lipinski definition) is 3. The predicted molar refractivity (Wildman–Crippen MR) is 87.7 cm³/mol. The van der Waals surface area contributed by atoms with Gasteiger partial charge >= 0.3 is 0 Å². The lowest BCUT2D eigenvalue weighted by Crippen LogP contribution is -2.33. The van der Waals surface area contributed by atoms with Crippen LogP contribution < -0.4 is 11.1 Å². The second-order valence-electron chi connectivity index (χ2n) is 5.93. The lowest BCUT2D eigenvalue weighted by atomic mass is 9.99. The Hall–Kier alpha value is -2.14. The van der Waals surface area contributed by atoms with E-state index in [2.05, 4.69) is 36.4 Å². The largest absolute Gasteiger partial charge is 0.349 e. The molecule has 0 spiro atoms. The van der Waals surface area contributed by atoms with Crippen molar-refractivity contribution in [1.82, 2.24) is 15.1 Å². The van der Waals surface area contributed by atoms with Gasteiger partial charge in [-0.3, -0.25) is 9.48 Å². The van der Waals surface area contributed by atoms with Crippen LogP contribution in [0.5, 0.6) is 0 Å². The number of nitrogens with one attached hydrogen (secondary N) is 1. The Morgan fingerprint density at radius 1 is 1.27 bits per heavy atom. The Morgan fingerprint density at radius 2 is 1.86 bits per heavy atom. The third-order valence-corrected chi connectivity index (χ3v) is 3.75. The van der Waals surface area contributed by atoms with Gasteiger partial charge in [0.25, 0.3) is 5.91 Å². The standard InChI is InChI=1S/C17H24N4O/c1-11(2)13-5-7-14(8-6-13)15(18)10-19-17(22)16-9-12(3)20-21(16)4/h5-9,11,15H,10,18H2,1-4H3,(H,19,22). The van der Waals surface area contributed by atoms with Gasteiger partial charge in [-0.1, -0.05) is 38.1 Å². The third-order valence-electron chi connectivity index (χ3n) is 3.75. The molecule has 0 bridgehead atoms. The number of hydrogen-bond donors (Lipinski definition) is 2. The van der Waals surface area contributed by atoms with Crippen molar-refractivity contribution in [3.8, 4) is 0 Å². The lowest BCUT2D eigenvalue weighted by Gasteiger charge is -2.14. The number of carbonyl (C=O) groups excluding carboxylic acids is 1. The smallest absolute Gasteiger partial charge is 0.269 e. The molecule has 0 fully saturated rings. The van der Waals surface area contributed by atoms with Crippen LogP contribution in [-0.4, -0.2) is 22.2 Å². The van der Waals surface area contributed by atoms with E-state index in [1.54, 1.807) is 17.8 Å². The first-order valence-corrected chi connectivity index (χ1v) is 7.52. The summed E-state index contributed by atoms with van der Waals surface area (Å²) in [6.45, 7) is 6.57. The highest BCUT2D eigenvalue weighted by Crippen LogP contribution is 2.17. The van der Waals surface area contributed by atoms with Crippen LogP contribution in [0.1, 0.15) is 53.1 Å². The molecule has 22 heavy (non-hydrogen) atoms. The van der Waals surface area contributed by atoms with Crippen LogP contribution in [0.3, 0.4) is 0 Å². The molecule has 1 heterocycles. The summed E-state index contributed by atoms with van der Waals surface area (Å²) >= 11 is 0. The molecule has 0 saturated heterocycles. The number of nitrogens with two attached hydrogens (primary N) is 1. The number of aryl methyl sites for hydroxylation is 2. The van der Waals surface area contributed by atoms with Crippen molar-refractivity contribution < 1.29 is 4.79 Å². The highest BCUT2D eigenvalue weighted by molar-refractivity contribution is 5.92. The maximum absolute atomic E-state index is 12.1. The van der Waals surface area contributed by atoms with Gasteiger partial charge in [-0.25, -0.2) is 0 Å². The second kappa shape index (κ2) is 6.75. The molecule has 0 aliphatic rings. The number of benzene rings is 1. The minimum absolute atomic E-state index is 0.155. The maximum Gasteiger partial charge on any atom is 0.269 e. The second-order valence-corrected chi connectivity index (χ2v) is 5.93. The fourth-order valence-corrected chi connectivity index (χ4v) is 2.36. The van der Waals surface area contributed by atoms with E-state index in [1.807, 2.05) is 19.1 Å². The van der Waals surface area contributed by atoms with E-state index in [9.17, 15) is 4.79 Å². The SMILES string of the molecule is Cc1cc(C(=O)NCC(N)c2ccc(C(C)C)cc2)n(C)n1. The van der Waals surface area contributed by atoms with Crippen LogP contribution in [0, 0.1) is 6.92 Å². The first-order chi connectivity index (χ1) is 10.4. The van der Waals surface area contributed by atoms with Crippen molar-refractivity contribution in [3.05, 3.63) is 52.8 Å². The molecule has 0 aliphatic heterocycles. The van der Waals surface area contributed by atoms with Crippen LogP contribution in [0.2, 0.25) is 0 Å². The molecular weight excluding hydrogens is 276 g/mol. The highest BCUT2D eigenvalue weighted by Gasteiger charge is 2.13. The van der Waals surface area contributed by atoms with E-state index in [0.717, 1.165) is 11.3 Å². The molecule has 5 nitrogen and oxygen atoms in total. The Balaban J connectivity index is 1.96. The number of carbonyl (C=O) groups is 1. The van der Waals surface area contributed by atoms with Gasteiger partial charge in [0.05, 0.1) is 5.69 Å². The van der Waals surface area contributed by atoms with Crippen LogP contribution in [0.15, 0.2) is 30.3 Å². The van der Waals surface area contributed by atoms with Gasteiger partial charge in [-0.2, -0.15) is 5.10 Å². The molecule has 0 radical (unpaired) electrons. The fourth-order valence-electron chi connectivity index (χ4n) is 2.36. The molecule has 1 amide bonds. The fraction of sp³-hybridized carbons (Fsp3) is 0.412. The van der Waals surface area contributed by atoms with E-state index < -0.39 is 0 Å². The summed E-state index contributed by atoms with van der Waals surface area (Å²) in [6, 6.07) is 9.77. The average Bonchev–Trinajstić information content (AvgIpc) is 2.83. The molecule has 1 aromatic heterocycles. The quantitative estimate of drug-likeness (QED) is 0.889. The molecule has 1 unspecified atom stereocenters. The molecule has 3 N–H and O–H groups in total. The van der Waals surface area contributed by atoms with E-state index in [-0.39, 0.29) is 11.9 Å². The summed E-state index contributed by atoms with van der Waals surface area (Å²) in [7, 11) is 1.76. The van der Waals surface area contributed by atoms with Gasteiger partial charge in [0.2, 0.25) is 0 Å². The highest BCUT2D eigenvalue weighted by atomic mass is 16.2. The minimum Gasteiger partial charge on any atom is -0.349 e. The Bertz CT molecular complexity index is 643. The van der Waals surface area contributed by atoms with Crippen LogP contribution >= 0.6 is 0 Å². The molecule has 0 saturated carbocycles. The lowest BCUT2D eigenvalue weighted by molar-refractivity contribution is 0.0942. The average molecular weight is 300 g/mol. The van der Waals surface area contributed by atoms with Crippen molar-refractivity contribution in [2.45, 2.75) is 32.7 Å². The van der Waals surface area contributed by atoms with Gasteiger partial charge in [0.15, 0.2) is 0 Å². The Morgan fingerprint density at radius 3 is 2.36 bits per heavy atom. The molecule has 1 atom stereocenters. The molecule has 0 aliphatic carbocycles.